The lowest BCUT2D eigenvalue weighted by Gasteiger charge is -1.68. The first-order valence-corrected chi connectivity index (χ1v) is 3.59. The number of nitrogens with zero attached hydrogens (tertiary/aromatic N) is 1. The maximum Gasteiger partial charge on any atom is 0.394 e. The topological polar surface area (TPSA) is 175 Å². The fraction of sp³-hybridized carbons (Fsp3) is 0.500. The van der Waals surface area contributed by atoms with Gasteiger partial charge in [-0.05, 0) is 0 Å². The molecule has 0 aromatic carbocycles. The van der Waals surface area contributed by atoms with Gasteiger partial charge >= 0.3 is 10.4 Å². The zero-order valence-electron chi connectivity index (χ0n) is 6.19. The molecule has 0 unspecified atom stereocenters. The smallest absolute Gasteiger partial charge is 0.394 e. The maximum absolute atomic E-state index is 9.00. The number of carboxylic acid groups (broad SMARTS) is 1. The van der Waals surface area contributed by atoms with Crippen molar-refractivity contribution in [2.24, 2.45) is 0 Å². The SMILES string of the molecule is CC(=O)O.O=S(=O)(O)O.O=[N+]([O-])O. The van der Waals surface area contributed by atoms with Crippen LogP contribution < -0.4 is 0 Å². The van der Waals surface area contributed by atoms with Crippen LogP contribution in [0.15, 0.2) is 0 Å². The van der Waals surface area contributed by atoms with E-state index >= 15 is 0 Å². The summed E-state index contributed by atoms with van der Waals surface area (Å²) < 4.78 is 31.6. The summed E-state index contributed by atoms with van der Waals surface area (Å²) >= 11 is 0. The van der Waals surface area contributed by atoms with Gasteiger partial charge in [0.15, 0.2) is 0 Å². The lowest BCUT2D eigenvalue weighted by Crippen LogP contribution is -1.89. The van der Waals surface area contributed by atoms with Crippen LogP contribution in [-0.2, 0) is 15.2 Å². The number of carbonyl (C=O) groups is 1. The molecule has 0 aliphatic heterocycles. The average Bonchev–Trinajstić information content (AvgIpc) is 1.50. The molecule has 0 atom stereocenters. The molecule has 0 saturated carbocycles. The van der Waals surface area contributed by atoms with Crippen LogP contribution in [0.4, 0.5) is 0 Å². The van der Waals surface area contributed by atoms with E-state index in [0.29, 0.717) is 0 Å². The summed E-state index contributed by atoms with van der Waals surface area (Å²) in [6.07, 6.45) is 0. The normalized spacial score (nSPS) is 8.23. The van der Waals surface area contributed by atoms with Gasteiger partial charge in [0.1, 0.15) is 0 Å². The molecular formula is C2H7NO9S. The van der Waals surface area contributed by atoms with E-state index in [2.05, 4.69) is 0 Å². The maximum atomic E-state index is 9.00. The highest BCUT2D eigenvalue weighted by molar-refractivity contribution is 7.79. The van der Waals surface area contributed by atoms with Crippen molar-refractivity contribution in [2.75, 3.05) is 0 Å². The molecule has 0 rings (SSSR count). The van der Waals surface area contributed by atoms with Gasteiger partial charge in [0, 0.05) is 6.92 Å². The third-order valence-electron chi connectivity index (χ3n) is 0. The Balaban J connectivity index is -0.000000117. The second-order valence-electron chi connectivity index (χ2n) is 1.20. The van der Waals surface area contributed by atoms with Crippen molar-refractivity contribution in [3.05, 3.63) is 10.1 Å². The van der Waals surface area contributed by atoms with Gasteiger partial charge in [-0.25, -0.2) is 0 Å². The van der Waals surface area contributed by atoms with Crippen LogP contribution in [0.25, 0.3) is 0 Å². The molecule has 10 nitrogen and oxygen atoms in total. The summed E-state index contributed by atoms with van der Waals surface area (Å²) in [7, 11) is -4.67. The fourth-order valence-electron chi connectivity index (χ4n) is 0. The summed E-state index contributed by atoms with van der Waals surface area (Å²) in [4.78, 5) is 17.4. The minimum Gasteiger partial charge on any atom is -0.481 e. The van der Waals surface area contributed by atoms with E-state index in [1.165, 1.54) is 0 Å². The Kier molecular flexibility index (Phi) is 11.7. The Hall–Kier alpha value is -1.46. The van der Waals surface area contributed by atoms with Crippen molar-refractivity contribution in [3.63, 3.8) is 0 Å². The monoisotopic (exact) mass is 221 g/mol. The fourth-order valence-corrected chi connectivity index (χ4v) is 0. The molecule has 11 heteroatoms. The molecule has 0 aliphatic rings. The van der Waals surface area contributed by atoms with Crippen LogP contribution >= 0.6 is 0 Å². The number of hydrogen-bond donors (Lipinski definition) is 4. The van der Waals surface area contributed by atoms with Crippen molar-refractivity contribution in [1.29, 1.82) is 0 Å². The second-order valence-corrected chi connectivity index (χ2v) is 2.10. The van der Waals surface area contributed by atoms with Gasteiger partial charge in [0.25, 0.3) is 11.1 Å². The minimum atomic E-state index is -4.67. The van der Waals surface area contributed by atoms with Crippen molar-refractivity contribution >= 4 is 16.4 Å². The highest BCUT2D eigenvalue weighted by Crippen LogP contribution is 1.59. The van der Waals surface area contributed by atoms with Crippen LogP contribution in [0.5, 0.6) is 0 Å². The third kappa shape index (κ3) is 361. The molecular weight excluding hydrogens is 214 g/mol. The Morgan fingerprint density at radius 2 is 1.38 bits per heavy atom. The Bertz CT molecular complexity index is 212. The summed E-state index contributed by atoms with van der Waals surface area (Å²) in [5.41, 5.74) is 0. The van der Waals surface area contributed by atoms with Crippen LogP contribution in [-0.4, -0.2) is 38.9 Å². The summed E-state index contributed by atoms with van der Waals surface area (Å²) in [5.74, 6) is -0.833. The molecule has 0 heterocycles. The number of rotatable bonds is 0. The van der Waals surface area contributed by atoms with Crippen molar-refractivity contribution in [1.82, 2.24) is 0 Å². The van der Waals surface area contributed by atoms with Gasteiger partial charge in [-0.15, -0.1) is 10.1 Å². The van der Waals surface area contributed by atoms with Crippen LogP contribution in [0.3, 0.4) is 0 Å². The van der Waals surface area contributed by atoms with Crippen molar-refractivity contribution in [2.45, 2.75) is 6.92 Å². The van der Waals surface area contributed by atoms with E-state index in [4.69, 9.17) is 42.7 Å². The van der Waals surface area contributed by atoms with Gasteiger partial charge in [0.2, 0.25) is 0 Å². The average molecular weight is 221 g/mol. The van der Waals surface area contributed by atoms with E-state index in [9.17, 15) is 0 Å². The predicted octanol–water partition coefficient (Wildman–Crippen LogP) is -0.910. The molecule has 0 saturated heterocycles. The van der Waals surface area contributed by atoms with E-state index in [1.807, 2.05) is 0 Å². The Morgan fingerprint density at radius 1 is 1.38 bits per heavy atom. The van der Waals surface area contributed by atoms with Crippen molar-refractivity contribution in [3.8, 4) is 0 Å². The molecule has 4 N–H and O–H groups in total. The summed E-state index contributed by atoms with van der Waals surface area (Å²) in [5, 5.41) is 21.1. The van der Waals surface area contributed by atoms with Gasteiger partial charge in [-0.2, -0.15) is 8.42 Å². The van der Waals surface area contributed by atoms with E-state index in [-0.39, 0.29) is 0 Å². The van der Waals surface area contributed by atoms with Crippen molar-refractivity contribution < 1.29 is 37.7 Å². The molecule has 0 aromatic rings. The molecule has 0 radical (unpaired) electrons. The Labute approximate surface area is 72.1 Å². The van der Waals surface area contributed by atoms with Gasteiger partial charge in [-0.1, -0.05) is 0 Å². The molecule has 0 spiro atoms. The molecule has 0 aromatic heterocycles. The first kappa shape index (κ1) is 17.6. The molecule has 0 amide bonds. The summed E-state index contributed by atoms with van der Waals surface area (Å²) in [6, 6.07) is 0. The molecule has 80 valence electrons. The van der Waals surface area contributed by atoms with E-state index in [0.717, 1.165) is 6.92 Å². The van der Waals surface area contributed by atoms with E-state index in [1.54, 1.807) is 0 Å². The minimum absolute atomic E-state index is 0.833. The first-order valence-electron chi connectivity index (χ1n) is 2.19. The quantitative estimate of drug-likeness (QED) is 0.229. The predicted molar refractivity (Wildman–Crippen MR) is 36.3 cm³/mol. The number of hydrogen-bond acceptors (Lipinski definition) is 5. The van der Waals surface area contributed by atoms with Gasteiger partial charge in [-0.3, -0.25) is 13.9 Å². The molecule has 0 bridgehead atoms. The standard InChI is InChI=1S/C2H4O2.HNO3.H2O4S/c1-2(3)4;2-1(3)4;1-5(2,3)4/h1H3,(H,3,4);(H,2,3,4);(H2,1,2,3,4). The number of carboxylic acids is 1. The first-order chi connectivity index (χ1) is 5.46. The van der Waals surface area contributed by atoms with Crippen LogP contribution in [0.1, 0.15) is 6.92 Å². The Morgan fingerprint density at radius 3 is 1.38 bits per heavy atom. The van der Waals surface area contributed by atoms with E-state index < -0.39 is 21.5 Å². The highest BCUT2D eigenvalue weighted by Gasteiger charge is 1.84. The lowest BCUT2D eigenvalue weighted by molar-refractivity contribution is -0.742. The molecule has 0 aliphatic carbocycles. The van der Waals surface area contributed by atoms with Crippen LogP contribution in [0.2, 0.25) is 0 Å². The molecule has 13 heavy (non-hydrogen) atoms. The number of aliphatic carboxylic acids is 1. The zero-order chi connectivity index (χ0) is 11.7. The highest BCUT2D eigenvalue weighted by atomic mass is 32.3. The zero-order valence-corrected chi connectivity index (χ0v) is 7.00. The largest absolute Gasteiger partial charge is 0.481 e. The summed E-state index contributed by atoms with van der Waals surface area (Å²) in [6.45, 7) is 1.08. The van der Waals surface area contributed by atoms with Gasteiger partial charge in [0.05, 0.1) is 0 Å². The second kappa shape index (κ2) is 8.63. The van der Waals surface area contributed by atoms with Gasteiger partial charge < -0.3 is 10.3 Å². The molecule has 0 fully saturated rings. The lowest BCUT2D eigenvalue weighted by atomic mass is 10.9. The third-order valence-corrected chi connectivity index (χ3v) is 0. The van der Waals surface area contributed by atoms with Crippen LogP contribution in [0, 0.1) is 10.1 Å².